The largest absolute Gasteiger partial charge is 0.477 e. The van der Waals surface area contributed by atoms with Gasteiger partial charge in [-0.05, 0) is 35.9 Å². The predicted octanol–water partition coefficient (Wildman–Crippen LogP) is 3.28. The maximum Gasteiger partial charge on any atom is 0.352 e. The minimum Gasteiger partial charge on any atom is -0.477 e. The highest BCUT2D eigenvalue weighted by molar-refractivity contribution is 8.00. The summed E-state index contributed by atoms with van der Waals surface area (Å²) in [6, 6.07) is 14.1. The van der Waals surface area contributed by atoms with Crippen molar-refractivity contribution < 1.29 is 24.0 Å². The van der Waals surface area contributed by atoms with Crippen LogP contribution in [0.15, 0.2) is 87.7 Å². The number of allylic oxidation sites excluding steroid dienone is 1. The van der Waals surface area contributed by atoms with Gasteiger partial charge in [-0.3, -0.25) is 19.5 Å². The van der Waals surface area contributed by atoms with Gasteiger partial charge in [-0.1, -0.05) is 29.4 Å². The van der Waals surface area contributed by atoms with Gasteiger partial charge in [0.1, 0.15) is 22.8 Å². The molecule has 1 aromatic carbocycles. The van der Waals surface area contributed by atoms with Crippen molar-refractivity contribution in [2.45, 2.75) is 16.3 Å². The Bertz CT molecular complexity index is 1360. The first-order chi connectivity index (χ1) is 17.5. The van der Waals surface area contributed by atoms with Crippen LogP contribution < -0.4 is 5.32 Å². The van der Waals surface area contributed by atoms with E-state index in [0.717, 1.165) is 10.5 Å². The molecule has 9 nitrogen and oxygen atoms in total. The second-order valence-electron chi connectivity index (χ2n) is 7.93. The predicted molar refractivity (Wildman–Crippen MR) is 136 cm³/mol. The number of fused-ring (bicyclic) bond motifs is 1. The van der Waals surface area contributed by atoms with Gasteiger partial charge in [0, 0.05) is 34.7 Å². The maximum atomic E-state index is 12.8. The Hall–Kier alpha value is -3.83. The minimum atomic E-state index is -1.20. The molecule has 2 aliphatic rings. The van der Waals surface area contributed by atoms with E-state index in [4.69, 9.17) is 4.52 Å². The summed E-state index contributed by atoms with van der Waals surface area (Å²) in [4.78, 5) is 43.6. The highest BCUT2D eigenvalue weighted by Gasteiger charge is 2.53. The van der Waals surface area contributed by atoms with Crippen molar-refractivity contribution in [3.05, 3.63) is 84.0 Å². The van der Waals surface area contributed by atoms with Crippen molar-refractivity contribution >= 4 is 47.4 Å². The number of β-lactam (4-membered cyclic amide) rings is 1. The first-order valence-electron chi connectivity index (χ1n) is 10.9. The SMILES string of the molecule is O=C(CSc1ccccc1)N[C@@H]1C(=O)N2C(C(=O)O)=C(/C=C/c3cc(-c4cccnc4)no3)CSC12. The first-order valence-corrected chi connectivity index (χ1v) is 13.0. The van der Waals surface area contributed by atoms with Gasteiger partial charge in [-0.25, -0.2) is 4.79 Å². The van der Waals surface area contributed by atoms with Crippen LogP contribution in [-0.2, 0) is 14.4 Å². The van der Waals surface area contributed by atoms with Gasteiger partial charge in [-0.2, -0.15) is 0 Å². The summed E-state index contributed by atoms with van der Waals surface area (Å²) in [7, 11) is 0. The van der Waals surface area contributed by atoms with E-state index in [0.29, 0.717) is 22.8 Å². The monoisotopic (exact) mass is 520 g/mol. The van der Waals surface area contributed by atoms with Crippen molar-refractivity contribution in [2.24, 2.45) is 0 Å². The molecule has 1 fully saturated rings. The molecule has 0 bridgehead atoms. The zero-order valence-electron chi connectivity index (χ0n) is 18.7. The lowest BCUT2D eigenvalue weighted by Gasteiger charge is -2.49. The van der Waals surface area contributed by atoms with E-state index < -0.39 is 23.3 Å². The van der Waals surface area contributed by atoms with Crippen molar-refractivity contribution in [1.82, 2.24) is 20.4 Å². The number of carboxylic acids is 1. The van der Waals surface area contributed by atoms with Crippen molar-refractivity contribution in [3.63, 3.8) is 0 Å². The number of thioether (sulfide) groups is 2. The summed E-state index contributed by atoms with van der Waals surface area (Å²) < 4.78 is 5.33. The highest BCUT2D eigenvalue weighted by Crippen LogP contribution is 2.41. The number of carboxylic acid groups (broad SMARTS) is 1. The van der Waals surface area contributed by atoms with E-state index in [-0.39, 0.29) is 17.4 Å². The lowest BCUT2D eigenvalue weighted by Crippen LogP contribution is -2.70. The number of carbonyl (C=O) groups excluding carboxylic acids is 2. The van der Waals surface area contributed by atoms with Crippen molar-refractivity contribution in [2.75, 3.05) is 11.5 Å². The van der Waals surface area contributed by atoms with Crippen LogP contribution in [0.4, 0.5) is 0 Å². The highest BCUT2D eigenvalue weighted by atomic mass is 32.2. The Labute approximate surface area is 214 Å². The molecule has 4 heterocycles. The van der Waals surface area contributed by atoms with Gasteiger partial charge in [0.15, 0.2) is 5.76 Å². The van der Waals surface area contributed by atoms with Gasteiger partial charge in [0.05, 0.1) is 5.75 Å². The number of amides is 2. The van der Waals surface area contributed by atoms with Crippen LogP contribution in [0.25, 0.3) is 17.3 Å². The lowest BCUT2D eigenvalue weighted by atomic mass is 10.0. The second kappa shape index (κ2) is 10.4. The lowest BCUT2D eigenvalue weighted by molar-refractivity contribution is -0.150. The third-order valence-electron chi connectivity index (χ3n) is 5.56. The molecular weight excluding hydrogens is 500 g/mol. The summed E-state index contributed by atoms with van der Waals surface area (Å²) in [5, 5.41) is 16.2. The molecule has 2 atom stereocenters. The standard InChI is InChI=1S/C25H20N4O5S2/c30-20(14-35-18-6-2-1-3-7-18)27-21-23(31)29-22(25(32)33)16(13-36-24(21)29)8-9-17-11-19(28-34-17)15-5-4-10-26-12-15/h1-12,21,24H,13-14H2,(H,27,30)(H,32,33)/b9-8+/t21-,24?/m1/s1. The van der Waals surface area contributed by atoms with Crippen molar-refractivity contribution in [3.8, 4) is 11.3 Å². The Balaban J connectivity index is 1.26. The number of benzene rings is 1. The molecule has 5 rings (SSSR count). The summed E-state index contributed by atoms with van der Waals surface area (Å²) in [6.07, 6.45) is 6.57. The first kappa shape index (κ1) is 23.9. The molecule has 0 aliphatic carbocycles. The molecule has 0 radical (unpaired) electrons. The number of hydrogen-bond acceptors (Lipinski definition) is 8. The van der Waals surface area contributed by atoms with Crippen LogP contribution in [0.1, 0.15) is 5.76 Å². The zero-order chi connectivity index (χ0) is 25.1. The molecule has 0 saturated carbocycles. The van der Waals surface area contributed by atoms with Crippen LogP contribution in [0.5, 0.6) is 0 Å². The van der Waals surface area contributed by atoms with E-state index in [1.165, 1.54) is 28.4 Å². The number of aromatic nitrogens is 2. The number of aliphatic carboxylic acids is 1. The summed E-state index contributed by atoms with van der Waals surface area (Å²) in [5.74, 6) is -0.947. The Kier molecular flexibility index (Phi) is 6.92. The van der Waals surface area contributed by atoms with E-state index in [1.807, 2.05) is 36.4 Å². The quantitative estimate of drug-likeness (QED) is 0.340. The van der Waals surface area contributed by atoms with Crippen LogP contribution in [0.2, 0.25) is 0 Å². The molecule has 3 aromatic rings. The number of pyridine rings is 1. The van der Waals surface area contributed by atoms with Crippen LogP contribution >= 0.6 is 23.5 Å². The molecule has 2 aliphatic heterocycles. The number of rotatable bonds is 8. The number of nitrogens with one attached hydrogen (secondary N) is 1. The van der Waals surface area contributed by atoms with E-state index in [2.05, 4.69) is 15.5 Å². The Morgan fingerprint density at radius 2 is 2.06 bits per heavy atom. The van der Waals surface area contributed by atoms with Gasteiger partial charge in [0.25, 0.3) is 5.91 Å². The van der Waals surface area contributed by atoms with Crippen LogP contribution in [0, 0.1) is 0 Å². The average molecular weight is 521 g/mol. The average Bonchev–Trinajstić information content (AvgIpc) is 3.39. The third-order valence-corrected chi connectivity index (χ3v) is 7.88. The second-order valence-corrected chi connectivity index (χ2v) is 10.1. The molecule has 1 saturated heterocycles. The van der Waals surface area contributed by atoms with Gasteiger partial charge in [-0.15, -0.1) is 23.5 Å². The smallest absolute Gasteiger partial charge is 0.352 e. The summed E-state index contributed by atoms with van der Waals surface area (Å²) >= 11 is 2.78. The fraction of sp³-hybridized carbons (Fsp3) is 0.160. The maximum absolute atomic E-state index is 12.8. The van der Waals surface area contributed by atoms with Crippen LogP contribution in [0.3, 0.4) is 0 Å². The minimum absolute atomic E-state index is 0.0869. The van der Waals surface area contributed by atoms with Gasteiger partial charge in [0.2, 0.25) is 5.91 Å². The molecule has 11 heteroatoms. The summed E-state index contributed by atoms with van der Waals surface area (Å²) in [5.41, 5.74) is 1.79. The third kappa shape index (κ3) is 4.93. The molecule has 2 amide bonds. The topological polar surface area (TPSA) is 126 Å². The van der Waals surface area contributed by atoms with Gasteiger partial charge < -0.3 is 14.9 Å². The van der Waals surface area contributed by atoms with E-state index in [9.17, 15) is 19.5 Å². The molecule has 2 N–H and O–H groups in total. The Morgan fingerprint density at radius 3 is 2.81 bits per heavy atom. The summed E-state index contributed by atoms with van der Waals surface area (Å²) in [6.45, 7) is 0. The normalized spacial score (nSPS) is 19.2. The molecule has 0 spiro atoms. The van der Waals surface area contributed by atoms with E-state index >= 15 is 0 Å². The molecular formula is C25H20N4O5S2. The van der Waals surface area contributed by atoms with Crippen molar-refractivity contribution in [1.29, 1.82) is 0 Å². The Morgan fingerprint density at radius 1 is 1.22 bits per heavy atom. The number of carbonyl (C=O) groups is 3. The fourth-order valence-electron chi connectivity index (χ4n) is 3.85. The molecule has 2 aromatic heterocycles. The fourth-order valence-corrected chi connectivity index (χ4v) is 5.90. The van der Waals surface area contributed by atoms with E-state index in [1.54, 1.807) is 36.7 Å². The van der Waals surface area contributed by atoms with Crippen LogP contribution in [-0.4, -0.2) is 60.9 Å². The number of nitrogens with zero attached hydrogens (tertiary/aromatic N) is 3. The molecule has 36 heavy (non-hydrogen) atoms. The molecule has 1 unspecified atom stereocenters. The molecule has 182 valence electrons. The zero-order valence-corrected chi connectivity index (χ0v) is 20.4. The number of hydrogen-bond donors (Lipinski definition) is 2. The van der Waals surface area contributed by atoms with Gasteiger partial charge >= 0.3 is 5.97 Å².